The van der Waals surface area contributed by atoms with E-state index in [4.69, 9.17) is 4.74 Å². The third kappa shape index (κ3) is 0.751. The molecule has 0 bridgehead atoms. The maximum atomic E-state index is 5.26. The number of fused-ring (bicyclic) bond motifs is 1. The van der Waals surface area contributed by atoms with Gasteiger partial charge in [0.15, 0.2) is 0 Å². The van der Waals surface area contributed by atoms with Gasteiger partial charge in [0.2, 0.25) is 5.06 Å². The molecule has 0 spiro atoms. The van der Waals surface area contributed by atoms with Crippen molar-refractivity contribution in [3.05, 3.63) is 6.20 Å². The molecular weight excluding hydrogens is 136 g/mol. The lowest BCUT2D eigenvalue weighted by atomic mass is 10.5. The summed E-state index contributed by atoms with van der Waals surface area (Å²) < 4.78 is 9.21. The summed E-state index contributed by atoms with van der Waals surface area (Å²) in [6.45, 7) is 1.65. The fourth-order valence-corrected chi connectivity index (χ4v) is 1.39. The Balaban J connectivity index is 2.39. The Hall–Kier alpha value is -0.770. The molecule has 2 heterocycles. The maximum Gasteiger partial charge on any atom is 0.217 e. The third-order valence-corrected chi connectivity index (χ3v) is 1.90. The smallest absolute Gasteiger partial charge is 0.217 e. The minimum absolute atomic E-state index is 0.759. The van der Waals surface area contributed by atoms with Gasteiger partial charge in [-0.3, -0.25) is 0 Å². The lowest BCUT2D eigenvalue weighted by molar-refractivity contribution is 0.333. The molecule has 0 amide bonds. The first-order chi connectivity index (χ1) is 4.47. The van der Waals surface area contributed by atoms with Gasteiger partial charge in [-0.1, -0.05) is 0 Å². The van der Waals surface area contributed by atoms with Gasteiger partial charge in [-0.2, -0.15) is 4.37 Å². The third-order valence-electron chi connectivity index (χ3n) is 1.19. The predicted octanol–water partition coefficient (Wildman–Crippen LogP) is 0.947. The quantitative estimate of drug-likeness (QED) is 0.585. The molecule has 1 aromatic heterocycles. The highest BCUT2D eigenvalue weighted by Gasteiger charge is 2.09. The first-order valence-corrected chi connectivity index (χ1v) is 3.55. The van der Waals surface area contributed by atoms with E-state index in [9.17, 15) is 0 Å². The summed E-state index contributed by atoms with van der Waals surface area (Å²) in [5, 5.41) is 4.08. The van der Waals surface area contributed by atoms with Gasteiger partial charge in [0.25, 0.3) is 0 Å². The van der Waals surface area contributed by atoms with E-state index < -0.39 is 0 Å². The summed E-state index contributed by atoms with van der Waals surface area (Å²) in [5.41, 5.74) is 1.03. The van der Waals surface area contributed by atoms with Crippen molar-refractivity contribution in [3.8, 4) is 5.06 Å². The zero-order chi connectivity index (χ0) is 6.10. The number of ether oxygens (including phenoxy) is 1. The molecule has 1 aromatic rings. The van der Waals surface area contributed by atoms with Crippen molar-refractivity contribution in [2.75, 3.05) is 18.5 Å². The second-order valence-corrected chi connectivity index (χ2v) is 2.57. The maximum absolute atomic E-state index is 5.26. The molecule has 0 atom stereocenters. The van der Waals surface area contributed by atoms with E-state index in [-0.39, 0.29) is 0 Å². The fourth-order valence-electron chi connectivity index (χ4n) is 0.780. The first kappa shape index (κ1) is 5.05. The summed E-state index contributed by atoms with van der Waals surface area (Å²) in [4.78, 5) is 0. The largest absolute Gasteiger partial charge is 0.480 e. The average Bonchev–Trinajstić information content (AvgIpc) is 2.33. The van der Waals surface area contributed by atoms with Crippen LogP contribution in [-0.4, -0.2) is 17.5 Å². The minimum atomic E-state index is 0.759. The first-order valence-electron chi connectivity index (χ1n) is 2.78. The summed E-state index contributed by atoms with van der Waals surface area (Å²) >= 11 is 1.39. The number of rotatable bonds is 0. The Bertz CT molecular complexity index is 190. The van der Waals surface area contributed by atoms with Crippen LogP contribution in [0.3, 0.4) is 0 Å². The van der Waals surface area contributed by atoms with Crippen molar-refractivity contribution in [1.82, 2.24) is 4.37 Å². The van der Waals surface area contributed by atoms with E-state index in [0.717, 1.165) is 23.9 Å². The van der Waals surface area contributed by atoms with Crippen LogP contribution < -0.4 is 10.1 Å². The van der Waals surface area contributed by atoms with Crippen molar-refractivity contribution in [2.45, 2.75) is 0 Å². The van der Waals surface area contributed by atoms with Gasteiger partial charge >= 0.3 is 0 Å². The van der Waals surface area contributed by atoms with Crippen LogP contribution in [0.5, 0.6) is 5.06 Å². The number of hydrogen-bond donors (Lipinski definition) is 1. The zero-order valence-electron chi connectivity index (χ0n) is 4.76. The van der Waals surface area contributed by atoms with Gasteiger partial charge in [0.05, 0.1) is 6.20 Å². The van der Waals surface area contributed by atoms with Gasteiger partial charge in [-0.25, -0.2) is 0 Å². The lowest BCUT2D eigenvalue weighted by Crippen LogP contribution is -2.16. The molecule has 0 aromatic carbocycles. The summed E-state index contributed by atoms with van der Waals surface area (Å²) in [6, 6.07) is 0. The normalized spacial score (nSPS) is 15.6. The van der Waals surface area contributed by atoms with Gasteiger partial charge in [0, 0.05) is 18.1 Å². The Morgan fingerprint density at radius 1 is 1.78 bits per heavy atom. The highest BCUT2D eigenvalue weighted by atomic mass is 32.1. The number of aromatic nitrogens is 1. The standard InChI is InChI=1S/C5H6N2OS/c1-2-8-5-4(6-1)3-7-9-5/h3,6H,1-2H2. The van der Waals surface area contributed by atoms with E-state index in [1.165, 1.54) is 11.5 Å². The molecule has 9 heavy (non-hydrogen) atoms. The molecule has 0 radical (unpaired) electrons. The number of anilines is 1. The molecule has 0 fully saturated rings. The van der Waals surface area contributed by atoms with E-state index >= 15 is 0 Å². The molecule has 0 aliphatic carbocycles. The number of nitrogens with zero attached hydrogens (tertiary/aromatic N) is 1. The molecule has 4 heteroatoms. The summed E-state index contributed by atoms with van der Waals surface area (Å²) in [6.07, 6.45) is 1.79. The monoisotopic (exact) mass is 142 g/mol. The molecular formula is C5H6N2OS. The van der Waals surface area contributed by atoms with E-state index in [1.807, 2.05) is 0 Å². The van der Waals surface area contributed by atoms with Crippen LogP contribution in [0.2, 0.25) is 0 Å². The second-order valence-electron chi connectivity index (χ2n) is 1.80. The van der Waals surface area contributed by atoms with Crippen molar-refractivity contribution in [1.29, 1.82) is 0 Å². The average molecular weight is 142 g/mol. The molecule has 3 nitrogen and oxygen atoms in total. The van der Waals surface area contributed by atoms with Gasteiger partial charge < -0.3 is 10.1 Å². The van der Waals surface area contributed by atoms with Crippen LogP contribution in [0.1, 0.15) is 0 Å². The van der Waals surface area contributed by atoms with Crippen LogP contribution in [0, 0.1) is 0 Å². The number of nitrogens with one attached hydrogen (secondary N) is 1. The Morgan fingerprint density at radius 2 is 2.78 bits per heavy atom. The molecule has 0 saturated heterocycles. The van der Waals surface area contributed by atoms with Gasteiger partial charge in [-0.15, -0.1) is 0 Å². The SMILES string of the molecule is c1nsc2c1NCCO2. The van der Waals surface area contributed by atoms with E-state index in [1.54, 1.807) is 6.20 Å². The molecule has 2 rings (SSSR count). The molecule has 0 unspecified atom stereocenters. The van der Waals surface area contributed by atoms with Gasteiger partial charge in [0.1, 0.15) is 12.3 Å². The fraction of sp³-hybridized carbons (Fsp3) is 0.400. The van der Waals surface area contributed by atoms with Crippen LogP contribution in [0.25, 0.3) is 0 Å². The van der Waals surface area contributed by atoms with Crippen LogP contribution in [-0.2, 0) is 0 Å². The Kier molecular flexibility index (Phi) is 1.05. The van der Waals surface area contributed by atoms with Crippen molar-refractivity contribution >= 4 is 17.2 Å². The summed E-state index contributed by atoms with van der Waals surface area (Å²) in [5.74, 6) is 0. The van der Waals surface area contributed by atoms with E-state index in [2.05, 4.69) is 9.69 Å². The minimum Gasteiger partial charge on any atom is -0.480 e. The summed E-state index contributed by atoms with van der Waals surface area (Å²) in [7, 11) is 0. The molecule has 1 N–H and O–H groups in total. The lowest BCUT2D eigenvalue weighted by Gasteiger charge is -2.12. The molecule has 1 aliphatic heterocycles. The van der Waals surface area contributed by atoms with Crippen molar-refractivity contribution < 1.29 is 4.74 Å². The Morgan fingerprint density at radius 3 is 3.67 bits per heavy atom. The Labute approximate surface area is 56.8 Å². The predicted molar refractivity (Wildman–Crippen MR) is 36.1 cm³/mol. The topological polar surface area (TPSA) is 34.2 Å². The van der Waals surface area contributed by atoms with Crippen LogP contribution in [0.4, 0.5) is 5.69 Å². The molecule has 1 aliphatic rings. The number of hydrogen-bond acceptors (Lipinski definition) is 4. The van der Waals surface area contributed by atoms with Crippen LogP contribution >= 0.6 is 11.5 Å². The highest BCUT2D eigenvalue weighted by molar-refractivity contribution is 7.08. The second kappa shape index (κ2) is 1.88. The highest BCUT2D eigenvalue weighted by Crippen LogP contribution is 2.30. The van der Waals surface area contributed by atoms with Crippen molar-refractivity contribution in [2.24, 2.45) is 0 Å². The van der Waals surface area contributed by atoms with Crippen LogP contribution in [0.15, 0.2) is 6.20 Å². The van der Waals surface area contributed by atoms with Gasteiger partial charge in [-0.05, 0) is 0 Å². The molecule has 48 valence electrons. The van der Waals surface area contributed by atoms with E-state index in [0.29, 0.717) is 0 Å². The molecule has 0 saturated carbocycles. The van der Waals surface area contributed by atoms with Crippen molar-refractivity contribution in [3.63, 3.8) is 0 Å². The zero-order valence-corrected chi connectivity index (χ0v) is 5.57.